The van der Waals surface area contributed by atoms with Crippen LogP contribution in [-0.2, 0) is 6.54 Å². The van der Waals surface area contributed by atoms with Gasteiger partial charge >= 0.3 is 0 Å². The molecule has 2 aliphatic carbocycles. The van der Waals surface area contributed by atoms with Crippen LogP contribution in [0.4, 0.5) is 4.39 Å². The summed E-state index contributed by atoms with van der Waals surface area (Å²) in [5.41, 5.74) is 5.21. The van der Waals surface area contributed by atoms with Gasteiger partial charge in [-0.15, -0.1) is 12.8 Å². The minimum absolute atomic E-state index is 0.260. The zero-order valence-corrected chi connectivity index (χ0v) is 23.8. The molecule has 7 rings (SSSR count). The average Bonchev–Trinajstić information content (AvgIpc) is 3.31. The molecule has 5 aromatic rings. The summed E-state index contributed by atoms with van der Waals surface area (Å²) in [6.07, 6.45) is 13.4. The Hall–Kier alpha value is -3.95. The Morgan fingerprint density at radius 1 is 1.02 bits per heavy atom. The normalized spacial score (nSPS) is 19.5. The molecular weight excluding hydrogens is 497 g/mol. The fourth-order valence-corrected chi connectivity index (χ4v) is 5.75. The number of imidazole rings is 2. The maximum Gasteiger partial charge on any atom is 0.133 e. The fraction of sp³-hybridized carbons (Fsp3) is 0.353. The van der Waals surface area contributed by atoms with Crippen LogP contribution in [0.2, 0.25) is 0 Å². The van der Waals surface area contributed by atoms with Gasteiger partial charge in [0.15, 0.2) is 0 Å². The van der Waals surface area contributed by atoms with Gasteiger partial charge in [-0.1, -0.05) is 45.0 Å². The predicted molar refractivity (Wildman–Crippen MR) is 163 cm³/mol. The molecule has 5 nitrogen and oxygen atoms in total. The van der Waals surface area contributed by atoms with Crippen LogP contribution >= 0.6 is 0 Å². The molecule has 0 bridgehead atoms. The number of benzene rings is 3. The lowest BCUT2D eigenvalue weighted by atomic mass is 9.85. The minimum atomic E-state index is -0.260. The van der Waals surface area contributed by atoms with E-state index in [0.29, 0.717) is 29.8 Å². The molecule has 0 spiro atoms. The first kappa shape index (κ1) is 27.6. The van der Waals surface area contributed by atoms with E-state index >= 15 is 4.39 Å². The lowest BCUT2D eigenvalue weighted by molar-refractivity contribution is 0.374. The van der Waals surface area contributed by atoms with Gasteiger partial charge in [-0.2, -0.15) is 0 Å². The Morgan fingerprint density at radius 3 is 2.50 bits per heavy atom. The number of hydrogen-bond donors (Lipinski definition) is 3. The third kappa shape index (κ3) is 5.14. The SMILES string of the molecule is C#C.CC.CC[C@H](C)NCc1ncc(-c2ccc(-c3ccc4c(ccc5[nH]c([C@@H]6C[C@H]7CC76)nc54)c3)cc2F)[nH]1. The summed E-state index contributed by atoms with van der Waals surface area (Å²) < 4.78 is 15.2. The third-order valence-corrected chi connectivity index (χ3v) is 8.34. The first-order valence-electron chi connectivity index (χ1n) is 14.4. The molecule has 206 valence electrons. The van der Waals surface area contributed by atoms with E-state index in [1.54, 1.807) is 12.3 Å². The average molecular weight is 536 g/mol. The maximum absolute atomic E-state index is 15.2. The van der Waals surface area contributed by atoms with Gasteiger partial charge in [0.25, 0.3) is 0 Å². The fourth-order valence-electron chi connectivity index (χ4n) is 5.75. The Bertz CT molecular complexity index is 1640. The Labute approximate surface area is 236 Å². The first-order chi connectivity index (χ1) is 19.6. The van der Waals surface area contributed by atoms with Gasteiger partial charge in [0.2, 0.25) is 0 Å². The van der Waals surface area contributed by atoms with E-state index in [4.69, 9.17) is 4.98 Å². The molecule has 2 heterocycles. The number of rotatable bonds is 7. The quantitative estimate of drug-likeness (QED) is 0.184. The van der Waals surface area contributed by atoms with Gasteiger partial charge in [0.05, 0.1) is 29.5 Å². The number of aromatic nitrogens is 4. The number of halogens is 1. The topological polar surface area (TPSA) is 69.4 Å². The molecule has 6 heteroatoms. The highest BCUT2D eigenvalue weighted by atomic mass is 19.1. The molecule has 3 aromatic carbocycles. The van der Waals surface area contributed by atoms with Crippen molar-refractivity contribution in [3.63, 3.8) is 0 Å². The Kier molecular flexibility index (Phi) is 8.04. The molecule has 2 fully saturated rings. The molecular formula is C34H38FN5. The van der Waals surface area contributed by atoms with Crippen LogP contribution in [0.1, 0.15) is 64.5 Å². The standard InChI is InChI=1S/C30H30FN5.C2H6.C2H2/c1-3-16(2)32-15-28-33-14-27(34-28)22-8-5-18(13-25(22)31)17-4-7-21-19(10-17)6-9-26-29(21)36-30(35-26)24-12-20-11-23(20)24;2*1-2/h4-10,13-14,16,20,23-24,32H,3,11-12,15H2,1-2H3,(H,33,34)(H,35,36);1-2H3;1-2H/t16-,20+,23?,24+;;/m0../s1. The van der Waals surface area contributed by atoms with Crippen LogP contribution in [0.5, 0.6) is 0 Å². The van der Waals surface area contributed by atoms with Crippen LogP contribution in [0.25, 0.3) is 44.2 Å². The van der Waals surface area contributed by atoms with E-state index in [2.05, 4.69) is 77.3 Å². The molecule has 40 heavy (non-hydrogen) atoms. The Morgan fingerprint density at radius 2 is 1.80 bits per heavy atom. The van der Waals surface area contributed by atoms with Crippen molar-refractivity contribution >= 4 is 21.8 Å². The summed E-state index contributed by atoms with van der Waals surface area (Å²) in [5, 5.41) is 5.66. The van der Waals surface area contributed by atoms with E-state index in [0.717, 1.165) is 62.8 Å². The van der Waals surface area contributed by atoms with Crippen LogP contribution in [0.15, 0.2) is 54.7 Å². The summed E-state index contributed by atoms with van der Waals surface area (Å²) in [5.74, 6) is 4.12. The lowest BCUT2D eigenvalue weighted by Crippen LogP contribution is -2.24. The maximum atomic E-state index is 15.2. The van der Waals surface area contributed by atoms with Crippen molar-refractivity contribution in [1.29, 1.82) is 0 Å². The number of H-pyrrole nitrogens is 2. The highest BCUT2D eigenvalue weighted by molar-refractivity contribution is 6.05. The molecule has 2 aliphatic rings. The minimum Gasteiger partial charge on any atom is -0.342 e. The van der Waals surface area contributed by atoms with E-state index in [-0.39, 0.29) is 5.82 Å². The summed E-state index contributed by atoms with van der Waals surface area (Å²) in [6, 6.07) is 16.4. The second kappa shape index (κ2) is 11.7. The molecule has 2 aromatic heterocycles. The van der Waals surface area contributed by atoms with E-state index in [1.165, 1.54) is 12.8 Å². The zero-order valence-electron chi connectivity index (χ0n) is 23.8. The number of nitrogens with one attached hydrogen (secondary N) is 3. The van der Waals surface area contributed by atoms with E-state index < -0.39 is 0 Å². The van der Waals surface area contributed by atoms with Gasteiger partial charge in [-0.3, -0.25) is 0 Å². The van der Waals surface area contributed by atoms with Crippen LogP contribution in [-0.4, -0.2) is 26.0 Å². The second-order valence-corrected chi connectivity index (χ2v) is 10.6. The number of fused-ring (bicyclic) bond motifs is 4. The lowest BCUT2D eigenvalue weighted by Gasteiger charge is -2.21. The largest absolute Gasteiger partial charge is 0.342 e. The highest BCUT2D eigenvalue weighted by Crippen LogP contribution is 2.63. The van der Waals surface area contributed by atoms with Gasteiger partial charge in [-0.25, -0.2) is 14.4 Å². The molecule has 1 unspecified atom stereocenters. The van der Waals surface area contributed by atoms with E-state index in [9.17, 15) is 0 Å². The summed E-state index contributed by atoms with van der Waals surface area (Å²) in [7, 11) is 0. The van der Waals surface area contributed by atoms with Crippen molar-refractivity contribution < 1.29 is 4.39 Å². The van der Waals surface area contributed by atoms with Crippen molar-refractivity contribution in [2.75, 3.05) is 0 Å². The van der Waals surface area contributed by atoms with Gasteiger partial charge in [0.1, 0.15) is 17.5 Å². The number of hydrogen-bond acceptors (Lipinski definition) is 3. The monoisotopic (exact) mass is 535 g/mol. The van der Waals surface area contributed by atoms with Crippen LogP contribution in [0, 0.1) is 30.5 Å². The van der Waals surface area contributed by atoms with Crippen molar-refractivity contribution in [2.24, 2.45) is 11.8 Å². The van der Waals surface area contributed by atoms with Crippen molar-refractivity contribution in [1.82, 2.24) is 25.3 Å². The Balaban J connectivity index is 0.000000774. The van der Waals surface area contributed by atoms with E-state index in [1.807, 2.05) is 26.0 Å². The number of aromatic amines is 2. The van der Waals surface area contributed by atoms with Crippen molar-refractivity contribution in [2.45, 2.75) is 65.5 Å². The number of nitrogens with zero attached hydrogens (tertiary/aromatic N) is 2. The molecule has 0 amide bonds. The van der Waals surface area contributed by atoms with Crippen LogP contribution in [0.3, 0.4) is 0 Å². The van der Waals surface area contributed by atoms with Gasteiger partial charge < -0.3 is 15.3 Å². The summed E-state index contributed by atoms with van der Waals surface area (Å²) >= 11 is 0. The smallest absolute Gasteiger partial charge is 0.133 e. The van der Waals surface area contributed by atoms with Crippen molar-refractivity contribution in [3.8, 4) is 35.2 Å². The molecule has 0 saturated heterocycles. The third-order valence-electron chi connectivity index (χ3n) is 8.34. The zero-order chi connectivity index (χ0) is 28.4. The van der Waals surface area contributed by atoms with Gasteiger partial charge in [-0.05, 0) is 78.8 Å². The molecule has 0 radical (unpaired) electrons. The first-order valence-corrected chi connectivity index (χ1v) is 14.4. The molecule has 3 N–H and O–H groups in total. The second-order valence-electron chi connectivity index (χ2n) is 10.6. The summed E-state index contributed by atoms with van der Waals surface area (Å²) in [6.45, 7) is 8.92. The molecule has 2 saturated carbocycles. The molecule has 4 atom stereocenters. The van der Waals surface area contributed by atoms with Gasteiger partial charge in [0, 0.05) is 22.9 Å². The van der Waals surface area contributed by atoms with Crippen molar-refractivity contribution in [3.05, 3.63) is 72.2 Å². The predicted octanol–water partition coefficient (Wildman–Crippen LogP) is 8.20. The number of terminal acetylenes is 1. The summed E-state index contributed by atoms with van der Waals surface area (Å²) in [4.78, 5) is 16.2. The molecule has 0 aliphatic heterocycles. The van der Waals surface area contributed by atoms with Crippen LogP contribution < -0.4 is 5.32 Å². The highest BCUT2D eigenvalue weighted by Gasteiger charge is 2.54.